The molecule has 0 aliphatic heterocycles. The number of rotatable bonds is 5. The van der Waals surface area contributed by atoms with Crippen LogP contribution >= 0.6 is 0 Å². The van der Waals surface area contributed by atoms with Gasteiger partial charge in [0.05, 0.1) is 18.2 Å². The van der Waals surface area contributed by atoms with Crippen LogP contribution in [0.2, 0.25) is 0 Å². The summed E-state index contributed by atoms with van der Waals surface area (Å²) in [4.78, 5) is 11.2. The minimum atomic E-state index is -0.958. The van der Waals surface area contributed by atoms with Gasteiger partial charge in [0.2, 0.25) is 0 Å². The molecule has 0 radical (unpaired) electrons. The van der Waals surface area contributed by atoms with Gasteiger partial charge in [0.1, 0.15) is 0 Å². The quantitative estimate of drug-likeness (QED) is 0.547. The molecule has 0 rings (SSSR count). The van der Waals surface area contributed by atoms with Gasteiger partial charge in [-0.3, -0.25) is 4.79 Å². The largest absolute Gasteiger partial charge is 0.466 e. The predicted octanol–water partition coefficient (Wildman–Crippen LogP) is 2.86. The van der Waals surface area contributed by atoms with Gasteiger partial charge in [-0.1, -0.05) is 0 Å². The van der Waals surface area contributed by atoms with Crippen LogP contribution in [0.25, 0.3) is 0 Å². The Morgan fingerprint density at radius 3 is 2.29 bits per heavy atom. The lowest BCUT2D eigenvalue weighted by molar-refractivity contribution is -0.143. The second kappa shape index (κ2) is 6.33. The molecule has 0 bridgehead atoms. The second-order valence-corrected chi connectivity index (χ2v) is 5.06. The molecule has 0 saturated heterocycles. The number of hydrogen-bond donors (Lipinski definition) is 0. The predicted molar refractivity (Wildman–Crippen MR) is 64.5 cm³/mol. The van der Waals surface area contributed by atoms with E-state index in [1.165, 1.54) is 0 Å². The number of nitrogens with zero attached hydrogens (tertiary/aromatic N) is 3. The van der Waals surface area contributed by atoms with Gasteiger partial charge in [-0.25, -0.2) is 0 Å². The highest BCUT2D eigenvalue weighted by atomic mass is 16.5. The van der Waals surface area contributed by atoms with Crippen LogP contribution in [0, 0.1) is 11.3 Å². The van der Waals surface area contributed by atoms with E-state index >= 15 is 0 Å². The van der Waals surface area contributed by atoms with Gasteiger partial charge in [0, 0.05) is 6.42 Å². The molecule has 0 aromatic rings. The summed E-state index contributed by atoms with van der Waals surface area (Å²) in [7, 11) is 0. The number of esters is 1. The van der Waals surface area contributed by atoms with Crippen LogP contribution in [0.1, 0.15) is 47.5 Å². The summed E-state index contributed by atoms with van der Waals surface area (Å²) in [6, 6.07) is 2.08. The maximum atomic E-state index is 11.2. The van der Waals surface area contributed by atoms with Crippen LogP contribution in [0.5, 0.6) is 0 Å². The highest BCUT2D eigenvalue weighted by Crippen LogP contribution is 2.20. The number of nitriles is 1. The van der Waals surface area contributed by atoms with Crippen molar-refractivity contribution < 1.29 is 9.53 Å². The Balaban J connectivity index is 4.45. The zero-order valence-electron chi connectivity index (χ0n) is 11.3. The zero-order chi connectivity index (χ0) is 13.5. The highest BCUT2D eigenvalue weighted by Gasteiger charge is 2.25. The number of carbonyl (C=O) groups is 1. The smallest absolute Gasteiger partial charge is 0.305 e. The maximum absolute atomic E-state index is 11.2. The number of ether oxygens (including phenoxy) is 1. The van der Waals surface area contributed by atoms with Crippen molar-refractivity contribution >= 4 is 5.97 Å². The van der Waals surface area contributed by atoms with Crippen molar-refractivity contribution in [3.05, 3.63) is 0 Å². The van der Waals surface area contributed by atoms with E-state index in [1.807, 2.05) is 20.8 Å². The molecule has 0 aliphatic carbocycles. The van der Waals surface area contributed by atoms with E-state index in [9.17, 15) is 4.79 Å². The summed E-state index contributed by atoms with van der Waals surface area (Å²) in [5, 5.41) is 17.2. The number of azo groups is 1. The summed E-state index contributed by atoms with van der Waals surface area (Å²) >= 11 is 0. The fraction of sp³-hybridized carbons (Fsp3) is 0.833. The molecule has 0 heterocycles. The first-order valence-corrected chi connectivity index (χ1v) is 5.73. The summed E-state index contributed by atoms with van der Waals surface area (Å²) < 4.78 is 4.81. The molecule has 1 atom stereocenters. The van der Waals surface area contributed by atoms with Crippen LogP contribution in [-0.4, -0.2) is 23.7 Å². The van der Waals surface area contributed by atoms with E-state index in [2.05, 4.69) is 16.3 Å². The molecular weight excluding hydrogens is 218 g/mol. The molecule has 0 saturated carbocycles. The first-order valence-electron chi connectivity index (χ1n) is 5.73. The fourth-order valence-corrected chi connectivity index (χ4v) is 0.967. The van der Waals surface area contributed by atoms with Crippen molar-refractivity contribution in [2.24, 2.45) is 10.2 Å². The Hall–Kier alpha value is -1.44. The Morgan fingerprint density at radius 1 is 1.29 bits per heavy atom. The third-order valence-corrected chi connectivity index (χ3v) is 1.93. The standard InChI is InChI=1S/C12H21N3O2/c1-6-17-10(16)7-8-12(5,9-13)15-14-11(2,3)4/h6-8H2,1-5H3/b15-14+. The van der Waals surface area contributed by atoms with Gasteiger partial charge in [-0.2, -0.15) is 15.5 Å². The topological polar surface area (TPSA) is 74.8 Å². The van der Waals surface area contributed by atoms with Crippen LogP contribution < -0.4 is 0 Å². The van der Waals surface area contributed by atoms with Crippen LogP contribution in [0.4, 0.5) is 0 Å². The van der Waals surface area contributed by atoms with Crippen molar-refractivity contribution in [1.29, 1.82) is 5.26 Å². The molecule has 0 fully saturated rings. The van der Waals surface area contributed by atoms with E-state index < -0.39 is 5.54 Å². The van der Waals surface area contributed by atoms with E-state index in [1.54, 1.807) is 13.8 Å². The molecule has 1 unspecified atom stereocenters. The van der Waals surface area contributed by atoms with Crippen molar-refractivity contribution in [2.45, 2.75) is 58.5 Å². The molecular formula is C12H21N3O2. The van der Waals surface area contributed by atoms with Gasteiger partial charge in [-0.05, 0) is 41.0 Å². The summed E-state index contributed by atoms with van der Waals surface area (Å²) in [6.45, 7) is 9.48. The van der Waals surface area contributed by atoms with Gasteiger partial charge in [-0.15, -0.1) is 0 Å². The number of carbonyl (C=O) groups excluding carboxylic acids is 1. The molecule has 0 N–H and O–H groups in total. The second-order valence-electron chi connectivity index (χ2n) is 5.06. The highest BCUT2D eigenvalue weighted by molar-refractivity contribution is 5.69. The molecule has 0 amide bonds. The fourth-order valence-electron chi connectivity index (χ4n) is 0.967. The summed E-state index contributed by atoms with van der Waals surface area (Å²) in [5.41, 5.74) is -1.28. The molecule has 0 aromatic carbocycles. The molecule has 5 nitrogen and oxygen atoms in total. The lowest BCUT2D eigenvalue weighted by Gasteiger charge is -2.17. The lowest BCUT2D eigenvalue weighted by atomic mass is 9.99. The average Bonchev–Trinajstić information content (AvgIpc) is 2.23. The summed E-state index contributed by atoms with van der Waals surface area (Å²) in [5.74, 6) is -0.306. The van der Waals surface area contributed by atoms with E-state index in [-0.39, 0.29) is 17.9 Å². The molecule has 0 aliphatic rings. The first kappa shape index (κ1) is 15.6. The van der Waals surface area contributed by atoms with E-state index in [4.69, 9.17) is 10.00 Å². The molecule has 96 valence electrons. The maximum Gasteiger partial charge on any atom is 0.305 e. The van der Waals surface area contributed by atoms with Gasteiger partial charge < -0.3 is 4.74 Å². The summed E-state index contributed by atoms with van der Waals surface area (Å²) in [6.07, 6.45) is 0.503. The Bertz CT molecular complexity index is 326. The van der Waals surface area contributed by atoms with Crippen molar-refractivity contribution in [3.63, 3.8) is 0 Å². The van der Waals surface area contributed by atoms with Crippen LogP contribution in [-0.2, 0) is 9.53 Å². The molecule has 0 spiro atoms. The Kier molecular flexibility index (Phi) is 5.80. The minimum absolute atomic E-state index is 0.182. The van der Waals surface area contributed by atoms with E-state index in [0.29, 0.717) is 13.0 Å². The zero-order valence-corrected chi connectivity index (χ0v) is 11.3. The van der Waals surface area contributed by atoms with Gasteiger partial charge >= 0.3 is 5.97 Å². The van der Waals surface area contributed by atoms with Crippen LogP contribution in [0.3, 0.4) is 0 Å². The van der Waals surface area contributed by atoms with Crippen molar-refractivity contribution in [1.82, 2.24) is 0 Å². The minimum Gasteiger partial charge on any atom is -0.466 e. The van der Waals surface area contributed by atoms with Gasteiger partial charge in [0.15, 0.2) is 5.54 Å². The molecule has 0 aromatic heterocycles. The van der Waals surface area contributed by atoms with Crippen molar-refractivity contribution in [3.8, 4) is 6.07 Å². The third-order valence-electron chi connectivity index (χ3n) is 1.93. The first-order chi connectivity index (χ1) is 7.72. The Labute approximate surface area is 103 Å². The number of hydrogen-bond acceptors (Lipinski definition) is 5. The SMILES string of the molecule is CCOC(=O)CCC(C)(C#N)/N=N/C(C)(C)C. The normalized spacial score (nSPS) is 15.3. The lowest BCUT2D eigenvalue weighted by Crippen LogP contribution is -2.22. The van der Waals surface area contributed by atoms with Crippen molar-refractivity contribution in [2.75, 3.05) is 6.61 Å². The van der Waals surface area contributed by atoms with Crippen LogP contribution in [0.15, 0.2) is 10.2 Å². The van der Waals surface area contributed by atoms with Gasteiger partial charge in [0.25, 0.3) is 0 Å². The monoisotopic (exact) mass is 239 g/mol. The Morgan fingerprint density at radius 2 is 1.88 bits per heavy atom. The average molecular weight is 239 g/mol. The third kappa shape index (κ3) is 7.45. The molecule has 17 heavy (non-hydrogen) atoms. The van der Waals surface area contributed by atoms with E-state index in [0.717, 1.165) is 0 Å². The molecule has 5 heteroatoms.